The molecule has 1 atom stereocenters. The summed E-state index contributed by atoms with van der Waals surface area (Å²) in [5, 5.41) is 8.23. The van der Waals surface area contributed by atoms with Gasteiger partial charge in [0.05, 0.1) is 11.6 Å². The highest BCUT2D eigenvalue weighted by atomic mass is 32.1. The van der Waals surface area contributed by atoms with Crippen molar-refractivity contribution in [2.45, 2.75) is 26.3 Å². The van der Waals surface area contributed by atoms with Gasteiger partial charge in [-0.15, -0.1) is 11.3 Å². The van der Waals surface area contributed by atoms with Crippen LogP contribution >= 0.6 is 11.3 Å². The fourth-order valence-electron chi connectivity index (χ4n) is 2.16. The largest absolute Gasteiger partial charge is 0.387 e. The van der Waals surface area contributed by atoms with Crippen molar-refractivity contribution in [2.75, 3.05) is 12.4 Å². The topological polar surface area (TPSA) is 41.1 Å². The minimum absolute atomic E-state index is 0.0294. The SMILES string of the molecule is CCC(NC(=O)c1cc(C)ccc1NC)c1cccs1. The number of hydrogen-bond donors (Lipinski definition) is 2. The summed E-state index contributed by atoms with van der Waals surface area (Å²) in [6.45, 7) is 4.08. The van der Waals surface area contributed by atoms with E-state index < -0.39 is 0 Å². The molecule has 106 valence electrons. The number of benzene rings is 1. The van der Waals surface area contributed by atoms with Crippen LogP contribution in [0.5, 0.6) is 0 Å². The van der Waals surface area contributed by atoms with Gasteiger partial charge >= 0.3 is 0 Å². The summed E-state index contributed by atoms with van der Waals surface area (Å²) in [5.41, 5.74) is 2.63. The number of hydrogen-bond acceptors (Lipinski definition) is 3. The zero-order valence-corrected chi connectivity index (χ0v) is 12.9. The quantitative estimate of drug-likeness (QED) is 0.873. The van der Waals surface area contributed by atoms with Gasteiger partial charge < -0.3 is 10.6 Å². The van der Waals surface area contributed by atoms with Crippen molar-refractivity contribution in [3.05, 3.63) is 51.7 Å². The predicted molar refractivity (Wildman–Crippen MR) is 85.5 cm³/mol. The molecule has 2 aromatic rings. The van der Waals surface area contributed by atoms with Crippen LogP contribution in [0.25, 0.3) is 0 Å². The maximum absolute atomic E-state index is 12.5. The summed E-state index contributed by atoms with van der Waals surface area (Å²) in [6, 6.07) is 10.0. The number of amides is 1. The van der Waals surface area contributed by atoms with Crippen molar-refractivity contribution in [1.82, 2.24) is 5.32 Å². The van der Waals surface area contributed by atoms with Crippen molar-refractivity contribution in [3.63, 3.8) is 0 Å². The fourth-order valence-corrected chi connectivity index (χ4v) is 3.03. The minimum Gasteiger partial charge on any atom is -0.387 e. The Morgan fingerprint density at radius 3 is 2.75 bits per heavy atom. The van der Waals surface area contributed by atoms with E-state index in [4.69, 9.17) is 0 Å². The average Bonchev–Trinajstić information content (AvgIpc) is 2.98. The highest BCUT2D eigenvalue weighted by Crippen LogP contribution is 2.23. The van der Waals surface area contributed by atoms with E-state index in [1.165, 1.54) is 4.88 Å². The summed E-state index contributed by atoms with van der Waals surface area (Å²) in [4.78, 5) is 13.7. The van der Waals surface area contributed by atoms with Gasteiger partial charge in [-0.3, -0.25) is 4.79 Å². The maximum atomic E-state index is 12.5. The van der Waals surface area contributed by atoms with E-state index in [1.54, 1.807) is 11.3 Å². The van der Waals surface area contributed by atoms with Crippen LogP contribution in [-0.2, 0) is 0 Å². The normalized spacial score (nSPS) is 11.9. The molecule has 0 saturated heterocycles. The molecule has 0 radical (unpaired) electrons. The second-order valence-corrected chi connectivity index (χ2v) is 5.73. The van der Waals surface area contributed by atoms with E-state index in [9.17, 15) is 4.79 Å². The molecular weight excluding hydrogens is 268 g/mol. The van der Waals surface area contributed by atoms with Gasteiger partial charge in [-0.2, -0.15) is 0 Å². The molecule has 1 aromatic heterocycles. The number of nitrogens with one attached hydrogen (secondary N) is 2. The van der Waals surface area contributed by atoms with Crippen LogP contribution in [0.2, 0.25) is 0 Å². The Balaban J connectivity index is 2.21. The lowest BCUT2D eigenvalue weighted by Crippen LogP contribution is -2.28. The first kappa shape index (κ1) is 14.6. The van der Waals surface area contributed by atoms with Crippen LogP contribution in [-0.4, -0.2) is 13.0 Å². The molecule has 0 aliphatic carbocycles. The van der Waals surface area contributed by atoms with E-state index >= 15 is 0 Å². The summed E-state index contributed by atoms with van der Waals surface area (Å²) in [5.74, 6) is -0.0294. The first-order valence-electron chi connectivity index (χ1n) is 6.78. The highest BCUT2D eigenvalue weighted by molar-refractivity contribution is 7.10. The lowest BCUT2D eigenvalue weighted by molar-refractivity contribution is 0.0937. The summed E-state index contributed by atoms with van der Waals surface area (Å²) in [6.07, 6.45) is 0.882. The second kappa shape index (κ2) is 6.57. The van der Waals surface area contributed by atoms with Crippen LogP contribution < -0.4 is 10.6 Å². The molecule has 2 rings (SSSR count). The number of rotatable bonds is 5. The zero-order valence-electron chi connectivity index (χ0n) is 12.1. The third-order valence-corrected chi connectivity index (χ3v) is 4.28. The smallest absolute Gasteiger partial charge is 0.253 e. The van der Waals surface area contributed by atoms with Crippen molar-refractivity contribution in [2.24, 2.45) is 0 Å². The number of anilines is 1. The van der Waals surface area contributed by atoms with Gasteiger partial charge in [0.2, 0.25) is 0 Å². The Hall–Kier alpha value is -1.81. The van der Waals surface area contributed by atoms with E-state index in [1.807, 2.05) is 43.6 Å². The zero-order chi connectivity index (χ0) is 14.5. The van der Waals surface area contributed by atoms with Crippen molar-refractivity contribution < 1.29 is 4.79 Å². The molecule has 3 nitrogen and oxygen atoms in total. The monoisotopic (exact) mass is 288 g/mol. The average molecular weight is 288 g/mol. The third kappa shape index (κ3) is 3.20. The highest BCUT2D eigenvalue weighted by Gasteiger charge is 2.17. The van der Waals surface area contributed by atoms with Gasteiger partial charge in [0.1, 0.15) is 0 Å². The molecule has 4 heteroatoms. The van der Waals surface area contributed by atoms with Crippen LogP contribution in [0.15, 0.2) is 35.7 Å². The molecule has 20 heavy (non-hydrogen) atoms. The Labute approximate surface area is 124 Å². The molecule has 2 N–H and O–H groups in total. The first-order chi connectivity index (χ1) is 9.65. The van der Waals surface area contributed by atoms with Crippen molar-refractivity contribution in [3.8, 4) is 0 Å². The summed E-state index contributed by atoms with van der Waals surface area (Å²) >= 11 is 1.68. The van der Waals surface area contributed by atoms with E-state index in [-0.39, 0.29) is 11.9 Å². The molecule has 0 aliphatic rings. The first-order valence-corrected chi connectivity index (χ1v) is 7.66. The van der Waals surface area contributed by atoms with Crippen LogP contribution in [0, 0.1) is 6.92 Å². The number of carbonyl (C=O) groups excluding carboxylic acids is 1. The lowest BCUT2D eigenvalue weighted by Gasteiger charge is -2.17. The molecule has 0 aliphatic heterocycles. The van der Waals surface area contributed by atoms with Gasteiger partial charge in [0.25, 0.3) is 5.91 Å². The minimum atomic E-state index is -0.0294. The molecule has 1 heterocycles. The Morgan fingerprint density at radius 1 is 1.35 bits per heavy atom. The molecular formula is C16H20N2OS. The van der Waals surface area contributed by atoms with Gasteiger partial charge in [-0.1, -0.05) is 24.6 Å². The van der Waals surface area contributed by atoms with Crippen LogP contribution in [0.4, 0.5) is 5.69 Å². The molecule has 0 saturated carbocycles. The molecule has 1 unspecified atom stereocenters. The van der Waals surface area contributed by atoms with E-state index in [0.717, 1.165) is 17.7 Å². The maximum Gasteiger partial charge on any atom is 0.253 e. The number of carbonyl (C=O) groups is 1. The third-order valence-electron chi connectivity index (χ3n) is 3.29. The molecule has 0 fully saturated rings. The van der Waals surface area contributed by atoms with E-state index in [0.29, 0.717) is 5.56 Å². The number of aryl methyl sites for hydroxylation is 1. The lowest BCUT2D eigenvalue weighted by atomic mass is 10.1. The van der Waals surface area contributed by atoms with Crippen molar-refractivity contribution >= 4 is 22.9 Å². The molecule has 0 spiro atoms. The van der Waals surface area contributed by atoms with Gasteiger partial charge in [0.15, 0.2) is 0 Å². The van der Waals surface area contributed by atoms with Gasteiger partial charge in [-0.25, -0.2) is 0 Å². The molecule has 1 amide bonds. The summed E-state index contributed by atoms with van der Waals surface area (Å²) in [7, 11) is 1.83. The Morgan fingerprint density at radius 2 is 2.15 bits per heavy atom. The van der Waals surface area contributed by atoms with Crippen LogP contribution in [0.1, 0.15) is 40.2 Å². The fraction of sp³-hybridized carbons (Fsp3) is 0.312. The molecule has 1 aromatic carbocycles. The van der Waals surface area contributed by atoms with E-state index in [2.05, 4.69) is 23.6 Å². The second-order valence-electron chi connectivity index (χ2n) is 4.75. The molecule has 0 bridgehead atoms. The Kier molecular flexibility index (Phi) is 4.79. The van der Waals surface area contributed by atoms with Crippen LogP contribution in [0.3, 0.4) is 0 Å². The van der Waals surface area contributed by atoms with Gasteiger partial charge in [-0.05, 0) is 36.9 Å². The summed E-state index contributed by atoms with van der Waals surface area (Å²) < 4.78 is 0. The Bertz CT molecular complexity index is 578. The predicted octanol–water partition coefficient (Wildman–Crippen LogP) is 3.98. The van der Waals surface area contributed by atoms with Gasteiger partial charge in [0, 0.05) is 17.6 Å². The van der Waals surface area contributed by atoms with Crippen molar-refractivity contribution in [1.29, 1.82) is 0 Å². The standard InChI is InChI=1S/C16H20N2OS/c1-4-13(15-6-5-9-20-15)18-16(19)12-10-11(2)7-8-14(12)17-3/h5-10,13,17H,4H2,1-3H3,(H,18,19). The number of thiophene rings is 1.